The van der Waals surface area contributed by atoms with E-state index in [-0.39, 0.29) is 12.1 Å². The van der Waals surface area contributed by atoms with E-state index < -0.39 is 35.2 Å². The number of carbonyl (C=O) groups is 2. The van der Waals surface area contributed by atoms with Crippen molar-refractivity contribution in [3.8, 4) is 0 Å². The van der Waals surface area contributed by atoms with Crippen LogP contribution in [0.4, 0.5) is 24.7 Å². The van der Waals surface area contributed by atoms with E-state index in [0.717, 1.165) is 50.2 Å². The van der Waals surface area contributed by atoms with Crippen molar-refractivity contribution >= 4 is 23.4 Å². The van der Waals surface area contributed by atoms with E-state index in [1.54, 1.807) is 18.3 Å². The van der Waals surface area contributed by atoms with Gasteiger partial charge in [0.15, 0.2) is 0 Å². The third-order valence-electron chi connectivity index (χ3n) is 6.87. The van der Waals surface area contributed by atoms with E-state index in [2.05, 4.69) is 25.5 Å². The minimum Gasteiger partial charge on any atom is -0.480 e. The van der Waals surface area contributed by atoms with Crippen molar-refractivity contribution in [2.75, 3.05) is 29.9 Å². The Morgan fingerprint density at radius 1 is 1.05 bits per heavy atom. The SMILES string of the molecule is Cc1nccc(C(F)(F)F)c1C(=O)N[C@@H](Cc1ccc(N2CCC(CNc3ccccn3)CC2)cc1)C(=O)O. The summed E-state index contributed by atoms with van der Waals surface area (Å²) in [6.45, 7) is 3.90. The van der Waals surface area contributed by atoms with Crippen molar-refractivity contribution in [1.29, 1.82) is 0 Å². The zero-order valence-electron chi connectivity index (χ0n) is 21.4. The van der Waals surface area contributed by atoms with Gasteiger partial charge in [-0.1, -0.05) is 18.2 Å². The summed E-state index contributed by atoms with van der Waals surface area (Å²) in [6, 6.07) is 12.4. The van der Waals surface area contributed by atoms with E-state index in [0.29, 0.717) is 17.5 Å². The summed E-state index contributed by atoms with van der Waals surface area (Å²) in [5.74, 6) is -1.08. The van der Waals surface area contributed by atoms with Gasteiger partial charge in [-0.25, -0.2) is 9.78 Å². The van der Waals surface area contributed by atoms with Crippen LogP contribution in [0.15, 0.2) is 60.9 Å². The van der Waals surface area contributed by atoms with Crippen LogP contribution in [0.5, 0.6) is 0 Å². The number of aryl methyl sites for hydroxylation is 1. The van der Waals surface area contributed by atoms with E-state index in [1.165, 1.54) is 6.92 Å². The molecule has 1 amide bonds. The predicted molar refractivity (Wildman–Crippen MR) is 141 cm³/mol. The van der Waals surface area contributed by atoms with Crippen molar-refractivity contribution in [3.63, 3.8) is 0 Å². The number of carboxylic acids is 1. The van der Waals surface area contributed by atoms with Gasteiger partial charge in [-0.3, -0.25) is 9.78 Å². The Balaban J connectivity index is 1.34. The molecule has 0 radical (unpaired) electrons. The maximum Gasteiger partial charge on any atom is 0.417 e. The Morgan fingerprint density at radius 3 is 2.38 bits per heavy atom. The Labute approximate surface area is 224 Å². The lowest BCUT2D eigenvalue weighted by atomic mass is 9.96. The van der Waals surface area contributed by atoms with Gasteiger partial charge in [-0.2, -0.15) is 13.2 Å². The fraction of sp³-hybridized carbons (Fsp3) is 0.357. The van der Waals surface area contributed by atoms with Crippen LogP contribution in [0.3, 0.4) is 0 Å². The van der Waals surface area contributed by atoms with Gasteiger partial charge in [0.2, 0.25) is 0 Å². The fourth-order valence-corrected chi connectivity index (χ4v) is 4.71. The first-order valence-corrected chi connectivity index (χ1v) is 12.7. The molecular formula is C28H30F3N5O3. The van der Waals surface area contributed by atoms with Gasteiger partial charge in [0.1, 0.15) is 11.9 Å². The predicted octanol–water partition coefficient (Wildman–Crippen LogP) is 4.56. The molecule has 2 aromatic heterocycles. The topological polar surface area (TPSA) is 107 Å². The summed E-state index contributed by atoms with van der Waals surface area (Å²) in [7, 11) is 0. The summed E-state index contributed by atoms with van der Waals surface area (Å²) in [5, 5.41) is 15.3. The molecule has 3 heterocycles. The van der Waals surface area contributed by atoms with Crippen LogP contribution in [0.1, 0.15) is 40.0 Å². The third kappa shape index (κ3) is 7.24. The van der Waals surface area contributed by atoms with Crippen LogP contribution in [-0.2, 0) is 17.4 Å². The first-order valence-electron chi connectivity index (χ1n) is 12.7. The van der Waals surface area contributed by atoms with Gasteiger partial charge in [0, 0.05) is 44.1 Å². The molecule has 1 fully saturated rings. The first-order chi connectivity index (χ1) is 18.6. The molecule has 1 saturated heterocycles. The number of rotatable bonds is 9. The molecule has 206 valence electrons. The molecule has 0 spiro atoms. The lowest BCUT2D eigenvalue weighted by molar-refractivity contribution is -0.139. The number of piperidine rings is 1. The number of amides is 1. The number of halogens is 3. The van der Waals surface area contributed by atoms with E-state index >= 15 is 0 Å². The number of hydrogen-bond acceptors (Lipinski definition) is 6. The molecule has 1 aliphatic heterocycles. The Bertz CT molecular complexity index is 1280. The summed E-state index contributed by atoms with van der Waals surface area (Å²) in [4.78, 5) is 34.9. The second-order valence-corrected chi connectivity index (χ2v) is 9.58. The molecule has 0 aliphatic carbocycles. The summed E-state index contributed by atoms with van der Waals surface area (Å²) < 4.78 is 40.3. The van der Waals surface area contributed by atoms with Gasteiger partial charge in [-0.15, -0.1) is 0 Å². The normalized spacial score (nSPS) is 15.0. The zero-order chi connectivity index (χ0) is 28.0. The number of carboxylic acid groups (broad SMARTS) is 1. The van der Waals surface area contributed by atoms with Crippen molar-refractivity contribution in [2.24, 2.45) is 5.92 Å². The van der Waals surface area contributed by atoms with Crippen molar-refractivity contribution in [3.05, 3.63) is 83.3 Å². The fourth-order valence-electron chi connectivity index (χ4n) is 4.71. The highest BCUT2D eigenvalue weighted by Crippen LogP contribution is 2.32. The van der Waals surface area contributed by atoms with Crippen LogP contribution in [0.25, 0.3) is 0 Å². The smallest absolute Gasteiger partial charge is 0.417 e. The number of aromatic nitrogens is 2. The average Bonchev–Trinajstić information content (AvgIpc) is 2.92. The number of hydrogen-bond donors (Lipinski definition) is 3. The van der Waals surface area contributed by atoms with Crippen LogP contribution in [-0.4, -0.2) is 52.6 Å². The van der Waals surface area contributed by atoms with E-state index in [1.807, 2.05) is 30.3 Å². The Hall–Kier alpha value is -4.15. The van der Waals surface area contributed by atoms with Crippen molar-refractivity contribution in [1.82, 2.24) is 15.3 Å². The monoisotopic (exact) mass is 541 g/mol. The number of nitrogens with zero attached hydrogens (tertiary/aromatic N) is 3. The number of benzene rings is 1. The lowest BCUT2D eigenvalue weighted by Crippen LogP contribution is -2.43. The molecule has 1 atom stereocenters. The van der Waals surface area contributed by atoms with Crippen LogP contribution in [0, 0.1) is 12.8 Å². The lowest BCUT2D eigenvalue weighted by Gasteiger charge is -2.34. The number of anilines is 2. The Morgan fingerprint density at radius 2 is 1.77 bits per heavy atom. The molecule has 0 unspecified atom stereocenters. The minimum atomic E-state index is -4.78. The Kier molecular flexibility index (Phi) is 8.68. The van der Waals surface area contributed by atoms with Gasteiger partial charge in [0.25, 0.3) is 5.91 Å². The minimum absolute atomic E-state index is 0.0801. The summed E-state index contributed by atoms with van der Waals surface area (Å²) in [5.41, 5.74) is -0.318. The second kappa shape index (κ2) is 12.1. The molecule has 1 aliphatic rings. The van der Waals surface area contributed by atoms with Gasteiger partial charge < -0.3 is 20.6 Å². The van der Waals surface area contributed by atoms with Crippen molar-refractivity contribution < 1.29 is 27.9 Å². The summed E-state index contributed by atoms with van der Waals surface area (Å²) >= 11 is 0. The number of carbonyl (C=O) groups excluding carboxylic acids is 1. The second-order valence-electron chi connectivity index (χ2n) is 9.58. The molecule has 0 saturated carbocycles. The standard InChI is InChI=1S/C28H30F3N5O3/c1-18-25(22(9-13-32-18)28(29,30)31)26(37)35-23(27(38)39)16-19-5-7-21(8-6-19)36-14-10-20(11-15-36)17-34-24-4-2-3-12-33-24/h2-9,12-13,20,23H,10-11,14-17H2,1H3,(H,33,34)(H,35,37)(H,38,39)/t23-/m0/s1. The molecular weight excluding hydrogens is 511 g/mol. The van der Waals surface area contributed by atoms with E-state index in [4.69, 9.17) is 0 Å². The van der Waals surface area contributed by atoms with Crippen LogP contribution in [0.2, 0.25) is 0 Å². The van der Waals surface area contributed by atoms with Gasteiger partial charge in [0.05, 0.1) is 16.8 Å². The largest absolute Gasteiger partial charge is 0.480 e. The van der Waals surface area contributed by atoms with Crippen LogP contribution >= 0.6 is 0 Å². The number of aliphatic carboxylic acids is 1. The molecule has 11 heteroatoms. The molecule has 1 aromatic carbocycles. The van der Waals surface area contributed by atoms with Gasteiger partial charge in [-0.05, 0) is 61.6 Å². The first kappa shape index (κ1) is 27.9. The van der Waals surface area contributed by atoms with Crippen LogP contribution < -0.4 is 15.5 Å². The maximum absolute atomic E-state index is 13.4. The molecule has 39 heavy (non-hydrogen) atoms. The molecule has 3 aromatic rings. The molecule has 0 bridgehead atoms. The quantitative estimate of drug-likeness (QED) is 0.365. The average molecular weight is 542 g/mol. The maximum atomic E-state index is 13.4. The van der Waals surface area contributed by atoms with E-state index in [9.17, 15) is 27.9 Å². The molecule has 8 nitrogen and oxygen atoms in total. The highest BCUT2D eigenvalue weighted by molar-refractivity contribution is 5.99. The molecule has 4 rings (SSSR count). The van der Waals surface area contributed by atoms with Crippen molar-refractivity contribution in [2.45, 2.75) is 38.4 Å². The third-order valence-corrected chi connectivity index (χ3v) is 6.87. The number of nitrogens with one attached hydrogen (secondary N) is 2. The zero-order valence-corrected chi connectivity index (χ0v) is 21.4. The summed E-state index contributed by atoms with van der Waals surface area (Å²) in [6.07, 6.45) is -0.105. The number of alkyl halides is 3. The highest BCUT2D eigenvalue weighted by Gasteiger charge is 2.37. The molecule has 3 N–H and O–H groups in total. The van der Waals surface area contributed by atoms with Gasteiger partial charge >= 0.3 is 12.1 Å². The highest BCUT2D eigenvalue weighted by atomic mass is 19.4. The number of pyridine rings is 2.